The van der Waals surface area contributed by atoms with Crippen molar-refractivity contribution in [2.45, 2.75) is 29.7 Å². The number of nitrogens with zero attached hydrogens (tertiary/aromatic N) is 2. The molecule has 3 heterocycles. The number of benzene rings is 3. The van der Waals surface area contributed by atoms with Crippen molar-refractivity contribution in [3.05, 3.63) is 119 Å². The van der Waals surface area contributed by atoms with Gasteiger partial charge in [0.2, 0.25) is 0 Å². The molecular weight excluding hydrogens is 590 g/mol. The predicted octanol–water partition coefficient (Wildman–Crippen LogP) is 4.30. The number of likely N-dealkylation sites (tertiary alicyclic amines) is 1. The van der Waals surface area contributed by atoms with Gasteiger partial charge >= 0.3 is 5.97 Å². The highest BCUT2D eigenvalue weighted by Gasteiger charge is 2.45. The Bertz CT molecular complexity index is 1900. The first-order valence-electron chi connectivity index (χ1n) is 14.8. The number of fused-ring (bicyclic) bond motifs is 2. The Balaban J connectivity index is 1.15. The molecule has 2 aliphatic rings. The molecule has 3 aromatic carbocycles. The summed E-state index contributed by atoms with van der Waals surface area (Å²) in [6, 6.07) is 24.3. The third kappa shape index (κ3) is 6.23. The molecular formula is C35H33N3O6S. The number of anilines is 1. The zero-order valence-electron chi connectivity index (χ0n) is 24.6. The average Bonchev–Trinajstić information content (AvgIpc) is 3.66. The van der Waals surface area contributed by atoms with Crippen LogP contribution in [0.1, 0.15) is 56.2 Å². The Morgan fingerprint density at radius 1 is 0.933 bits per heavy atom. The van der Waals surface area contributed by atoms with E-state index in [2.05, 4.69) is 22.8 Å². The fraction of sp³-hybridized carbons (Fsp3) is 0.257. The molecule has 3 N–H and O–H groups in total. The van der Waals surface area contributed by atoms with Crippen LogP contribution in [0.15, 0.2) is 94.2 Å². The smallest absolute Gasteiger partial charge is 0.335 e. The largest absolute Gasteiger partial charge is 0.478 e. The van der Waals surface area contributed by atoms with Crippen LogP contribution < -0.4 is 10.6 Å². The molecule has 45 heavy (non-hydrogen) atoms. The number of sulfone groups is 1. The van der Waals surface area contributed by atoms with Crippen molar-refractivity contribution in [1.29, 1.82) is 0 Å². The zero-order valence-corrected chi connectivity index (χ0v) is 25.4. The molecule has 9 nitrogen and oxygen atoms in total. The second-order valence-electron chi connectivity index (χ2n) is 11.5. The lowest BCUT2D eigenvalue weighted by Crippen LogP contribution is -2.47. The van der Waals surface area contributed by atoms with E-state index < -0.39 is 15.8 Å². The van der Waals surface area contributed by atoms with Crippen LogP contribution in [0.2, 0.25) is 0 Å². The SMILES string of the molecule is NCc1ccc2c(c1)C1(CCN(C(=O)c3ccc(C#Cc4ccccc4)o3)CC1)CN2CCS(=O)(=O)c1ccc(C(=O)O)cc1. The summed E-state index contributed by atoms with van der Waals surface area (Å²) in [5, 5.41) is 9.14. The molecule has 1 fully saturated rings. The number of carbonyl (C=O) groups excluding carboxylic acids is 1. The number of carboxylic acids is 1. The van der Waals surface area contributed by atoms with Crippen molar-refractivity contribution in [3.8, 4) is 11.8 Å². The van der Waals surface area contributed by atoms with Gasteiger partial charge in [-0.2, -0.15) is 0 Å². The van der Waals surface area contributed by atoms with Crippen molar-refractivity contribution in [2.75, 3.05) is 36.8 Å². The van der Waals surface area contributed by atoms with Crippen LogP contribution in [0.3, 0.4) is 0 Å². The molecule has 1 spiro atoms. The van der Waals surface area contributed by atoms with Gasteiger partial charge in [0.05, 0.1) is 16.2 Å². The fourth-order valence-electron chi connectivity index (χ4n) is 6.20. The van der Waals surface area contributed by atoms with E-state index in [1.54, 1.807) is 17.0 Å². The van der Waals surface area contributed by atoms with Crippen molar-refractivity contribution < 1.29 is 27.5 Å². The number of furan rings is 1. The average molecular weight is 624 g/mol. The van der Waals surface area contributed by atoms with E-state index in [4.69, 9.17) is 15.3 Å². The van der Waals surface area contributed by atoms with Crippen molar-refractivity contribution in [2.24, 2.45) is 5.73 Å². The maximum Gasteiger partial charge on any atom is 0.335 e. The number of aromatic carboxylic acids is 1. The molecule has 0 saturated carbocycles. The molecule has 6 rings (SSSR count). The monoisotopic (exact) mass is 623 g/mol. The van der Waals surface area contributed by atoms with Crippen molar-refractivity contribution in [1.82, 2.24) is 4.90 Å². The molecule has 1 amide bonds. The van der Waals surface area contributed by atoms with Crippen LogP contribution in [-0.4, -0.2) is 62.2 Å². The minimum atomic E-state index is -3.64. The maximum absolute atomic E-state index is 13.4. The topological polar surface area (TPSA) is 134 Å². The molecule has 0 aliphatic carbocycles. The van der Waals surface area contributed by atoms with Gasteiger partial charge < -0.3 is 25.1 Å². The molecule has 0 radical (unpaired) electrons. The number of hydrogen-bond donors (Lipinski definition) is 2. The van der Waals surface area contributed by atoms with Gasteiger partial charge in [0.15, 0.2) is 21.4 Å². The highest BCUT2D eigenvalue weighted by atomic mass is 32.2. The van der Waals surface area contributed by atoms with E-state index in [0.717, 1.165) is 22.4 Å². The summed E-state index contributed by atoms with van der Waals surface area (Å²) in [5.41, 5.74) is 9.75. The van der Waals surface area contributed by atoms with E-state index in [9.17, 15) is 18.0 Å². The number of carbonyl (C=O) groups is 2. The Hall–Kier alpha value is -4.85. The number of piperidine rings is 1. The van der Waals surface area contributed by atoms with Gasteiger partial charge in [0, 0.05) is 49.4 Å². The normalized spacial score (nSPS) is 15.4. The number of carboxylic acid groups (broad SMARTS) is 1. The van der Waals surface area contributed by atoms with Gasteiger partial charge in [-0.3, -0.25) is 4.79 Å². The lowest BCUT2D eigenvalue weighted by atomic mass is 9.74. The highest BCUT2D eigenvalue weighted by molar-refractivity contribution is 7.91. The van der Waals surface area contributed by atoms with Gasteiger partial charge in [-0.25, -0.2) is 13.2 Å². The number of nitrogens with two attached hydrogens (primary N) is 1. The van der Waals surface area contributed by atoms with E-state index in [-0.39, 0.29) is 39.8 Å². The van der Waals surface area contributed by atoms with Crippen LogP contribution in [-0.2, 0) is 21.8 Å². The van der Waals surface area contributed by atoms with Crippen LogP contribution in [0, 0.1) is 11.8 Å². The summed E-state index contributed by atoms with van der Waals surface area (Å²) in [5.74, 6) is 5.30. The first-order chi connectivity index (χ1) is 21.7. The molecule has 10 heteroatoms. The Morgan fingerprint density at radius 3 is 2.36 bits per heavy atom. The summed E-state index contributed by atoms with van der Waals surface area (Å²) >= 11 is 0. The van der Waals surface area contributed by atoms with E-state index in [0.29, 0.717) is 44.8 Å². The van der Waals surface area contributed by atoms with E-state index >= 15 is 0 Å². The molecule has 2 aliphatic heterocycles. The summed E-state index contributed by atoms with van der Waals surface area (Å²) in [7, 11) is -3.64. The molecule has 230 valence electrons. The standard InChI is InChI=1S/C35H33N3O6S/c36-23-26-7-14-31-30(22-26)35(24-38(31)20-21-45(42,43)29-12-8-27(9-13-29)34(40)41)16-18-37(19-17-35)33(39)32-15-11-28(44-32)10-6-25-4-2-1-3-5-25/h1-5,7-9,11-15,22H,16-21,23-24,36H2,(H,40,41). The number of amides is 1. The Kier molecular flexibility index (Phi) is 8.23. The quantitative estimate of drug-likeness (QED) is 0.291. The Labute approximate surface area is 262 Å². The van der Waals surface area contributed by atoms with Crippen LogP contribution in [0.4, 0.5) is 5.69 Å². The fourth-order valence-corrected chi connectivity index (χ4v) is 7.44. The van der Waals surface area contributed by atoms with Gasteiger partial charge in [0.25, 0.3) is 5.91 Å². The summed E-state index contributed by atoms with van der Waals surface area (Å²) < 4.78 is 32.1. The van der Waals surface area contributed by atoms with Gasteiger partial charge in [-0.05, 0) is 84.5 Å². The van der Waals surface area contributed by atoms with Gasteiger partial charge in [0.1, 0.15) is 0 Å². The lowest BCUT2D eigenvalue weighted by molar-refractivity contribution is 0.0640. The predicted molar refractivity (Wildman–Crippen MR) is 170 cm³/mol. The molecule has 4 aromatic rings. The third-order valence-electron chi connectivity index (χ3n) is 8.72. The van der Waals surface area contributed by atoms with Crippen LogP contribution in [0.5, 0.6) is 0 Å². The number of hydrogen-bond acceptors (Lipinski definition) is 7. The minimum absolute atomic E-state index is 0.0362. The van der Waals surface area contributed by atoms with E-state index in [1.807, 2.05) is 42.5 Å². The van der Waals surface area contributed by atoms with Crippen molar-refractivity contribution >= 4 is 27.4 Å². The lowest BCUT2D eigenvalue weighted by Gasteiger charge is -2.40. The Morgan fingerprint density at radius 2 is 1.67 bits per heavy atom. The summed E-state index contributed by atoms with van der Waals surface area (Å²) in [4.78, 5) is 28.6. The maximum atomic E-state index is 13.4. The summed E-state index contributed by atoms with van der Waals surface area (Å²) in [6.07, 6.45) is 1.42. The third-order valence-corrected chi connectivity index (χ3v) is 10.4. The molecule has 0 bridgehead atoms. The molecule has 1 saturated heterocycles. The second-order valence-corrected chi connectivity index (χ2v) is 13.6. The van der Waals surface area contributed by atoms with Gasteiger partial charge in [-0.15, -0.1) is 0 Å². The zero-order chi connectivity index (χ0) is 31.6. The number of rotatable bonds is 7. The van der Waals surface area contributed by atoms with Gasteiger partial charge in [-0.1, -0.05) is 36.3 Å². The highest BCUT2D eigenvalue weighted by Crippen LogP contribution is 2.47. The van der Waals surface area contributed by atoms with Crippen LogP contribution >= 0.6 is 0 Å². The first-order valence-corrected chi connectivity index (χ1v) is 16.4. The molecule has 0 unspecified atom stereocenters. The minimum Gasteiger partial charge on any atom is -0.478 e. The molecule has 1 aromatic heterocycles. The first kappa shape index (κ1) is 30.2. The van der Waals surface area contributed by atoms with E-state index in [1.165, 1.54) is 24.3 Å². The molecule has 0 atom stereocenters. The van der Waals surface area contributed by atoms with Crippen LogP contribution in [0.25, 0.3) is 0 Å². The second kappa shape index (κ2) is 12.3. The summed E-state index contributed by atoms with van der Waals surface area (Å²) in [6.45, 7) is 2.36. The van der Waals surface area contributed by atoms with Crippen molar-refractivity contribution in [3.63, 3.8) is 0 Å².